The van der Waals surface area contributed by atoms with Crippen molar-refractivity contribution < 1.29 is 9.53 Å². The third-order valence-electron chi connectivity index (χ3n) is 5.16. The molecular weight excluding hydrogens is 346 g/mol. The Kier molecular flexibility index (Phi) is 5.22. The molecule has 2 N–H and O–H groups in total. The van der Waals surface area contributed by atoms with Crippen LogP contribution in [-0.2, 0) is 17.8 Å². The van der Waals surface area contributed by atoms with E-state index in [0.29, 0.717) is 31.2 Å². The van der Waals surface area contributed by atoms with E-state index in [4.69, 9.17) is 4.74 Å². The Balaban J connectivity index is 1.25. The molecule has 2 unspecified atom stereocenters. The van der Waals surface area contributed by atoms with Crippen LogP contribution in [0.5, 0.6) is 5.75 Å². The van der Waals surface area contributed by atoms with Crippen LogP contribution in [0.25, 0.3) is 0 Å². The van der Waals surface area contributed by atoms with E-state index >= 15 is 0 Å². The predicted molar refractivity (Wildman–Crippen MR) is 102 cm³/mol. The van der Waals surface area contributed by atoms with Crippen molar-refractivity contribution in [2.45, 2.75) is 63.8 Å². The van der Waals surface area contributed by atoms with Crippen molar-refractivity contribution in [1.82, 2.24) is 15.6 Å². The van der Waals surface area contributed by atoms with E-state index in [1.165, 1.54) is 18.4 Å². The van der Waals surface area contributed by atoms with Crippen molar-refractivity contribution >= 4 is 17.2 Å². The summed E-state index contributed by atoms with van der Waals surface area (Å²) in [5.74, 6) is 0.915. The van der Waals surface area contributed by atoms with E-state index < -0.39 is 0 Å². The number of nitrogens with zero attached hydrogens (tertiary/aromatic N) is 1. The van der Waals surface area contributed by atoms with Crippen LogP contribution >= 0.6 is 11.3 Å². The minimum atomic E-state index is 0.0765. The Hall–Kier alpha value is -1.92. The second-order valence-corrected chi connectivity index (χ2v) is 8.33. The number of piperidine rings is 1. The molecule has 2 aromatic rings. The summed E-state index contributed by atoms with van der Waals surface area (Å²) in [6, 6.07) is 9.46. The fourth-order valence-corrected chi connectivity index (χ4v) is 4.60. The third-order valence-corrected chi connectivity index (χ3v) is 6.03. The number of aryl methyl sites for hydroxylation is 1. The zero-order valence-electron chi connectivity index (χ0n) is 15.0. The smallest absolute Gasteiger partial charge is 0.226 e. The molecule has 4 rings (SSSR count). The monoisotopic (exact) mass is 371 g/mol. The first-order valence-electron chi connectivity index (χ1n) is 9.32. The molecule has 2 bridgehead atoms. The molecule has 3 heterocycles. The van der Waals surface area contributed by atoms with E-state index in [-0.39, 0.29) is 5.91 Å². The Morgan fingerprint density at radius 1 is 1.27 bits per heavy atom. The van der Waals surface area contributed by atoms with E-state index in [2.05, 4.69) is 22.5 Å². The number of carbonyl (C=O) groups is 1. The Morgan fingerprint density at radius 3 is 2.73 bits per heavy atom. The highest BCUT2D eigenvalue weighted by molar-refractivity contribution is 7.09. The van der Waals surface area contributed by atoms with Gasteiger partial charge in [-0.05, 0) is 44.7 Å². The van der Waals surface area contributed by atoms with Crippen LogP contribution < -0.4 is 15.4 Å². The Morgan fingerprint density at radius 2 is 2.00 bits per heavy atom. The number of amides is 1. The molecule has 2 saturated heterocycles. The third kappa shape index (κ3) is 4.43. The average molecular weight is 372 g/mol. The van der Waals surface area contributed by atoms with E-state index in [1.54, 1.807) is 11.3 Å². The van der Waals surface area contributed by atoms with Crippen LogP contribution in [0.3, 0.4) is 0 Å². The molecule has 0 radical (unpaired) electrons. The fourth-order valence-electron chi connectivity index (χ4n) is 3.89. The van der Waals surface area contributed by atoms with E-state index in [0.717, 1.165) is 29.3 Å². The van der Waals surface area contributed by atoms with Gasteiger partial charge in [0.25, 0.3) is 0 Å². The second-order valence-electron chi connectivity index (χ2n) is 7.38. The molecule has 6 heteroatoms. The molecule has 26 heavy (non-hydrogen) atoms. The molecule has 0 aliphatic carbocycles. The molecule has 138 valence electrons. The second kappa shape index (κ2) is 7.76. The van der Waals surface area contributed by atoms with E-state index in [9.17, 15) is 4.79 Å². The van der Waals surface area contributed by atoms with Gasteiger partial charge in [-0.1, -0.05) is 17.7 Å². The Labute approximate surface area is 158 Å². The molecule has 1 amide bonds. The summed E-state index contributed by atoms with van der Waals surface area (Å²) in [4.78, 5) is 16.9. The molecule has 2 atom stereocenters. The highest BCUT2D eigenvalue weighted by Crippen LogP contribution is 2.26. The number of aromatic nitrogens is 1. The maximum atomic E-state index is 12.3. The summed E-state index contributed by atoms with van der Waals surface area (Å²) in [5.41, 5.74) is 2.04. The number of benzene rings is 1. The van der Waals surface area contributed by atoms with Crippen LogP contribution in [-0.4, -0.2) is 29.0 Å². The lowest BCUT2D eigenvalue weighted by molar-refractivity contribution is -0.121. The minimum absolute atomic E-state index is 0.0765. The van der Waals surface area contributed by atoms with Crippen LogP contribution in [0.4, 0.5) is 0 Å². The van der Waals surface area contributed by atoms with Crippen molar-refractivity contribution in [3.63, 3.8) is 0 Å². The first-order valence-corrected chi connectivity index (χ1v) is 10.2. The van der Waals surface area contributed by atoms with Gasteiger partial charge in [-0.2, -0.15) is 0 Å². The number of hydrogen-bond donors (Lipinski definition) is 2. The molecule has 2 fully saturated rings. The van der Waals surface area contributed by atoms with Crippen molar-refractivity contribution in [3.8, 4) is 5.75 Å². The minimum Gasteiger partial charge on any atom is -0.486 e. The molecule has 1 aromatic heterocycles. The lowest BCUT2D eigenvalue weighted by atomic mass is 9.99. The number of ether oxygens (including phenoxy) is 1. The zero-order valence-corrected chi connectivity index (χ0v) is 15.8. The molecular formula is C20H25N3O2S. The average Bonchev–Trinajstić information content (AvgIpc) is 3.20. The number of thiazole rings is 1. The van der Waals surface area contributed by atoms with Gasteiger partial charge in [0.15, 0.2) is 0 Å². The number of fused-ring (bicyclic) bond motifs is 2. The SMILES string of the molecule is Cc1ccc(OCc2nc(CC(=O)NC3CC4CCC(C3)N4)cs2)cc1. The van der Waals surface area contributed by atoms with Gasteiger partial charge in [-0.3, -0.25) is 4.79 Å². The highest BCUT2D eigenvalue weighted by atomic mass is 32.1. The number of nitrogens with one attached hydrogen (secondary N) is 2. The molecule has 2 aliphatic rings. The zero-order chi connectivity index (χ0) is 17.9. The maximum absolute atomic E-state index is 12.3. The first kappa shape index (κ1) is 17.5. The van der Waals surface area contributed by atoms with E-state index in [1.807, 2.05) is 29.6 Å². The summed E-state index contributed by atoms with van der Waals surface area (Å²) >= 11 is 1.54. The van der Waals surface area contributed by atoms with Gasteiger partial charge in [-0.25, -0.2) is 4.98 Å². The van der Waals surface area contributed by atoms with Gasteiger partial charge < -0.3 is 15.4 Å². The summed E-state index contributed by atoms with van der Waals surface area (Å²) in [6.07, 6.45) is 4.94. The predicted octanol–water partition coefficient (Wildman–Crippen LogP) is 2.97. The molecule has 2 aliphatic heterocycles. The van der Waals surface area contributed by atoms with Crippen LogP contribution in [0.15, 0.2) is 29.6 Å². The summed E-state index contributed by atoms with van der Waals surface area (Å²) < 4.78 is 5.76. The lowest BCUT2D eigenvalue weighted by Gasteiger charge is -2.29. The van der Waals surface area contributed by atoms with Crippen molar-refractivity contribution in [3.05, 3.63) is 45.9 Å². The summed E-state index contributed by atoms with van der Waals surface area (Å²) in [6.45, 7) is 2.49. The van der Waals surface area contributed by atoms with Gasteiger partial charge in [0, 0.05) is 23.5 Å². The van der Waals surface area contributed by atoms with Gasteiger partial charge in [0.1, 0.15) is 17.4 Å². The maximum Gasteiger partial charge on any atom is 0.226 e. The van der Waals surface area contributed by atoms with Crippen LogP contribution in [0.1, 0.15) is 41.9 Å². The van der Waals surface area contributed by atoms with Gasteiger partial charge >= 0.3 is 0 Å². The van der Waals surface area contributed by atoms with Crippen molar-refractivity contribution in [1.29, 1.82) is 0 Å². The molecule has 0 saturated carbocycles. The van der Waals surface area contributed by atoms with Crippen LogP contribution in [0, 0.1) is 6.92 Å². The van der Waals surface area contributed by atoms with Gasteiger partial charge in [0.05, 0.1) is 12.1 Å². The highest BCUT2D eigenvalue weighted by Gasteiger charge is 2.33. The van der Waals surface area contributed by atoms with Crippen molar-refractivity contribution in [2.75, 3.05) is 0 Å². The molecule has 0 spiro atoms. The first-order chi connectivity index (χ1) is 12.6. The normalized spacial score (nSPS) is 24.4. The largest absolute Gasteiger partial charge is 0.486 e. The standard InChI is InChI=1S/C20H25N3O2S/c1-13-2-6-18(7-3-13)25-11-20-23-17(12-26-20)10-19(24)22-16-8-14-4-5-15(9-16)21-14/h2-3,6-7,12,14-16,21H,4-5,8-11H2,1H3,(H,22,24). The number of rotatable bonds is 6. The van der Waals surface area contributed by atoms with Crippen molar-refractivity contribution in [2.24, 2.45) is 0 Å². The van der Waals surface area contributed by atoms with Gasteiger partial charge in [-0.15, -0.1) is 11.3 Å². The quantitative estimate of drug-likeness (QED) is 0.819. The lowest BCUT2D eigenvalue weighted by Crippen LogP contribution is -2.48. The summed E-state index contributed by atoms with van der Waals surface area (Å²) in [7, 11) is 0. The molecule has 5 nitrogen and oxygen atoms in total. The number of carbonyl (C=O) groups excluding carboxylic acids is 1. The number of hydrogen-bond acceptors (Lipinski definition) is 5. The van der Waals surface area contributed by atoms with Gasteiger partial charge in [0.2, 0.25) is 5.91 Å². The molecule has 1 aromatic carbocycles. The Bertz CT molecular complexity index is 747. The van der Waals surface area contributed by atoms with Crippen LogP contribution in [0.2, 0.25) is 0 Å². The fraction of sp³-hybridized carbons (Fsp3) is 0.500. The topological polar surface area (TPSA) is 63.2 Å². The summed E-state index contributed by atoms with van der Waals surface area (Å²) in [5, 5.41) is 9.65.